The molecule has 1 heterocycles. The van der Waals surface area contributed by atoms with Crippen LogP contribution in [0.1, 0.15) is 24.4 Å². The second kappa shape index (κ2) is 8.83. The highest BCUT2D eigenvalue weighted by molar-refractivity contribution is 6.35. The van der Waals surface area contributed by atoms with Gasteiger partial charge in [0, 0.05) is 16.6 Å². The van der Waals surface area contributed by atoms with Gasteiger partial charge in [-0.1, -0.05) is 23.2 Å². The molecular formula is C20H22Cl2N2O3. The second-order valence-electron chi connectivity index (χ2n) is 6.41. The Bertz CT molecular complexity index is 829. The molecule has 2 aromatic carbocycles. The zero-order chi connectivity index (χ0) is 19.4. The van der Waals surface area contributed by atoms with E-state index in [4.69, 9.17) is 32.7 Å². The van der Waals surface area contributed by atoms with Crippen LogP contribution in [0, 0.1) is 0 Å². The second-order valence-corrected chi connectivity index (χ2v) is 7.25. The number of carbonyl (C=O) groups is 1. The first-order valence-corrected chi connectivity index (χ1v) is 9.48. The van der Waals surface area contributed by atoms with Crippen molar-refractivity contribution in [1.29, 1.82) is 0 Å². The standard InChI is InChI=1S/C20H22Cl2N2O3/c1-26-14-6-8-19(27-2)15(11-14)18-4-3-9-24(18)12-20(25)23-17-10-13(21)5-7-16(17)22/h5-8,10-11,18H,3-4,9,12H2,1-2H3,(H,23,25). The van der Waals surface area contributed by atoms with Crippen LogP contribution in [0.5, 0.6) is 11.5 Å². The van der Waals surface area contributed by atoms with Crippen LogP contribution in [0.15, 0.2) is 36.4 Å². The minimum atomic E-state index is -0.132. The molecule has 0 bridgehead atoms. The molecule has 1 atom stereocenters. The van der Waals surface area contributed by atoms with Crippen molar-refractivity contribution >= 4 is 34.8 Å². The van der Waals surface area contributed by atoms with Gasteiger partial charge in [-0.2, -0.15) is 0 Å². The summed E-state index contributed by atoms with van der Waals surface area (Å²) < 4.78 is 10.9. The molecule has 3 rings (SSSR count). The van der Waals surface area contributed by atoms with E-state index in [1.54, 1.807) is 32.4 Å². The molecule has 1 N–H and O–H groups in total. The molecule has 1 aliphatic rings. The van der Waals surface area contributed by atoms with E-state index >= 15 is 0 Å². The van der Waals surface area contributed by atoms with E-state index in [1.165, 1.54) is 0 Å². The molecule has 2 aromatic rings. The van der Waals surface area contributed by atoms with E-state index in [-0.39, 0.29) is 18.5 Å². The van der Waals surface area contributed by atoms with Gasteiger partial charge in [-0.25, -0.2) is 0 Å². The van der Waals surface area contributed by atoms with Crippen molar-refractivity contribution in [3.8, 4) is 11.5 Å². The topological polar surface area (TPSA) is 50.8 Å². The van der Waals surface area contributed by atoms with Gasteiger partial charge in [0.1, 0.15) is 11.5 Å². The van der Waals surface area contributed by atoms with Gasteiger partial charge in [0.2, 0.25) is 5.91 Å². The molecule has 1 amide bonds. The average Bonchev–Trinajstić information content (AvgIpc) is 3.11. The number of hydrogen-bond acceptors (Lipinski definition) is 4. The number of anilines is 1. The first-order valence-electron chi connectivity index (χ1n) is 8.72. The van der Waals surface area contributed by atoms with Crippen molar-refractivity contribution in [1.82, 2.24) is 4.90 Å². The van der Waals surface area contributed by atoms with E-state index in [1.807, 2.05) is 18.2 Å². The van der Waals surface area contributed by atoms with Crippen LogP contribution < -0.4 is 14.8 Å². The maximum absolute atomic E-state index is 12.6. The van der Waals surface area contributed by atoms with E-state index in [0.717, 1.165) is 36.4 Å². The molecule has 7 heteroatoms. The molecule has 0 saturated carbocycles. The number of ether oxygens (including phenoxy) is 2. The number of likely N-dealkylation sites (tertiary alicyclic amines) is 1. The van der Waals surface area contributed by atoms with E-state index in [2.05, 4.69) is 10.2 Å². The Morgan fingerprint density at radius 1 is 1.19 bits per heavy atom. The Kier molecular flexibility index (Phi) is 6.47. The lowest BCUT2D eigenvalue weighted by Gasteiger charge is -2.26. The third kappa shape index (κ3) is 4.67. The predicted octanol–water partition coefficient (Wildman–Crippen LogP) is 4.79. The Labute approximate surface area is 169 Å². The zero-order valence-electron chi connectivity index (χ0n) is 15.3. The molecule has 0 aliphatic carbocycles. The first kappa shape index (κ1) is 19.8. The summed E-state index contributed by atoms with van der Waals surface area (Å²) in [6, 6.07) is 10.8. The lowest BCUT2D eigenvalue weighted by molar-refractivity contribution is -0.117. The SMILES string of the molecule is COc1ccc(OC)c(C2CCCN2CC(=O)Nc2cc(Cl)ccc2Cl)c1. The highest BCUT2D eigenvalue weighted by atomic mass is 35.5. The van der Waals surface area contributed by atoms with Gasteiger partial charge in [0.25, 0.3) is 0 Å². The molecule has 0 spiro atoms. The van der Waals surface area contributed by atoms with E-state index < -0.39 is 0 Å². The normalized spacial score (nSPS) is 17.0. The third-order valence-corrected chi connectivity index (χ3v) is 5.27. The largest absolute Gasteiger partial charge is 0.497 e. The first-order chi connectivity index (χ1) is 13.0. The Hall–Kier alpha value is -1.95. The summed E-state index contributed by atoms with van der Waals surface area (Å²) in [4.78, 5) is 14.7. The van der Waals surface area contributed by atoms with Gasteiger partial charge in [0.05, 0.1) is 31.5 Å². The summed E-state index contributed by atoms with van der Waals surface area (Å²) in [7, 11) is 3.29. The lowest BCUT2D eigenvalue weighted by Crippen LogP contribution is -2.33. The Balaban J connectivity index is 1.75. The number of halogens is 2. The van der Waals surface area contributed by atoms with Crippen molar-refractivity contribution < 1.29 is 14.3 Å². The summed E-state index contributed by atoms with van der Waals surface area (Å²) in [5.74, 6) is 1.44. The van der Waals surface area contributed by atoms with Crippen LogP contribution >= 0.6 is 23.2 Å². The van der Waals surface area contributed by atoms with Crippen LogP contribution in [0.3, 0.4) is 0 Å². The third-order valence-electron chi connectivity index (χ3n) is 4.71. The monoisotopic (exact) mass is 408 g/mol. The maximum Gasteiger partial charge on any atom is 0.238 e. The number of amides is 1. The summed E-state index contributed by atoms with van der Waals surface area (Å²) in [5.41, 5.74) is 1.55. The van der Waals surface area contributed by atoms with Gasteiger partial charge in [-0.15, -0.1) is 0 Å². The van der Waals surface area contributed by atoms with Crippen LogP contribution in [-0.4, -0.2) is 38.1 Å². The molecule has 27 heavy (non-hydrogen) atoms. The van der Waals surface area contributed by atoms with E-state index in [9.17, 15) is 4.79 Å². The highest BCUT2D eigenvalue weighted by Crippen LogP contribution is 2.38. The maximum atomic E-state index is 12.6. The number of nitrogens with one attached hydrogen (secondary N) is 1. The number of carbonyl (C=O) groups excluding carboxylic acids is 1. The van der Waals surface area contributed by atoms with Crippen molar-refractivity contribution in [2.75, 3.05) is 32.6 Å². The predicted molar refractivity (Wildman–Crippen MR) is 108 cm³/mol. The molecule has 5 nitrogen and oxygen atoms in total. The van der Waals surface area contributed by atoms with Crippen molar-refractivity contribution in [3.63, 3.8) is 0 Å². The minimum absolute atomic E-state index is 0.0932. The van der Waals surface area contributed by atoms with Gasteiger partial charge >= 0.3 is 0 Å². The molecule has 1 aliphatic heterocycles. The Morgan fingerprint density at radius 2 is 2.00 bits per heavy atom. The number of rotatable bonds is 6. The number of nitrogens with zero attached hydrogens (tertiary/aromatic N) is 1. The van der Waals surface area contributed by atoms with Crippen LogP contribution in [0.2, 0.25) is 10.0 Å². The Morgan fingerprint density at radius 3 is 2.74 bits per heavy atom. The van der Waals surface area contributed by atoms with Crippen LogP contribution in [0.4, 0.5) is 5.69 Å². The van der Waals surface area contributed by atoms with Gasteiger partial charge < -0.3 is 14.8 Å². The smallest absolute Gasteiger partial charge is 0.238 e. The van der Waals surface area contributed by atoms with E-state index in [0.29, 0.717) is 15.7 Å². The number of benzene rings is 2. The number of methoxy groups -OCH3 is 2. The van der Waals surface area contributed by atoms with Crippen molar-refractivity contribution in [2.45, 2.75) is 18.9 Å². The number of hydrogen-bond donors (Lipinski definition) is 1. The van der Waals surface area contributed by atoms with Crippen molar-refractivity contribution in [3.05, 3.63) is 52.0 Å². The summed E-state index contributed by atoms with van der Waals surface area (Å²) in [6.45, 7) is 1.09. The quantitative estimate of drug-likeness (QED) is 0.746. The fraction of sp³-hybridized carbons (Fsp3) is 0.350. The highest BCUT2D eigenvalue weighted by Gasteiger charge is 2.30. The van der Waals surface area contributed by atoms with Gasteiger partial charge in [-0.3, -0.25) is 9.69 Å². The zero-order valence-corrected chi connectivity index (χ0v) is 16.8. The fourth-order valence-corrected chi connectivity index (χ4v) is 3.77. The summed E-state index contributed by atoms with van der Waals surface area (Å²) in [5, 5.41) is 3.83. The van der Waals surface area contributed by atoms with Crippen LogP contribution in [-0.2, 0) is 4.79 Å². The molecule has 1 fully saturated rings. The minimum Gasteiger partial charge on any atom is -0.497 e. The molecule has 1 saturated heterocycles. The summed E-state index contributed by atoms with van der Waals surface area (Å²) in [6.07, 6.45) is 1.96. The lowest BCUT2D eigenvalue weighted by atomic mass is 10.0. The average molecular weight is 409 g/mol. The molecule has 1 unspecified atom stereocenters. The van der Waals surface area contributed by atoms with Crippen LogP contribution in [0.25, 0.3) is 0 Å². The molecule has 0 aromatic heterocycles. The van der Waals surface area contributed by atoms with Gasteiger partial charge in [-0.05, 0) is 55.8 Å². The van der Waals surface area contributed by atoms with Gasteiger partial charge in [0.15, 0.2) is 0 Å². The fourth-order valence-electron chi connectivity index (χ4n) is 3.43. The molecule has 0 radical (unpaired) electrons. The van der Waals surface area contributed by atoms with Crippen molar-refractivity contribution in [2.24, 2.45) is 0 Å². The summed E-state index contributed by atoms with van der Waals surface area (Å²) >= 11 is 12.1. The molecule has 144 valence electrons. The molecular weight excluding hydrogens is 387 g/mol.